The van der Waals surface area contributed by atoms with Gasteiger partial charge in [0.15, 0.2) is 0 Å². The van der Waals surface area contributed by atoms with Crippen LogP contribution in [0.4, 0.5) is 0 Å². The van der Waals surface area contributed by atoms with Crippen LogP contribution >= 0.6 is 0 Å². The predicted octanol–water partition coefficient (Wildman–Crippen LogP) is 5.30. The average Bonchev–Trinajstić information content (AvgIpc) is 3.05. The molecule has 2 nitrogen and oxygen atoms in total. The van der Waals surface area contributed by atoms with Crippen molar-refractivity contribution >= 4 is 5.57 Å². The lowest BCUT2D eigenvalue weighted by Crippen LogP contribution is -2.63. The van der Waals surface area contributed by atoms with Gasteiger partial charge in [0, 0.05) is 0 Å². The molecule has 0 aromatic heterocycles. The first-order chi connectivity index (χ1) is 13.4. The highest BCUT2D eigenvalue weighted by Gasteiger charge is 2.63. The van der Waals surface area contributed by atoms with Gasteiger partial charge in [0.2, 0.25) is 0 Å². The van der Waals surface area contributed by atoms with Crippen LogP contribution in [0.15, 0.2) is 36.4 Å². The maximum Gasteiger partial charge on any atom is 0.0836 e. The molecular formula is C26H36O2. The second-order valence-electron chi connectivity index (χ2n) is 10.9. The van der Waals surface area contributed by atoms with Crippen LogP contribution < -0.4 is 0 Å². The molecule has 1 aromatic carbocycles. The molecule has 0 amide bonds. The number of fused-ring (bicyclic) bond motifs is 5. The number of rotatable bonds is 1. The van der Waals surface area contributed by atoms with E-state index in [9.17, 15) is 10.2 Å². The lowest BCUT2D eigenvalue weighted by Gasteiger charge is -2.63. The lowest BCUT2D eigenvalue weighted by molar-refractivity contribution is -0.212. The van der Waals surface area contributed by atoms with Gasteiger partial charge in [-0.25, -0.2) is 0 Å². The zero-order valence-corrected chi connectivity index (χ0v) is 17.6. The molecule has 5 rings (SSSR count). The van der Waals surface area contributed by atoms with E-state index in [2.05, 4.69) is 57.2 Å². The molecule has 0 saturated heterocycles. The van der Waals surface area contributed by atoms with Gasteiger partial charge in [0.25, 0.3) is 0 Å². The van der Waals surface area contributed by atoms with E-state index >= 15 is 0 Å². The number of aliphatic hydroxyl groups excluding tert-OH is 2. The van der Waals surface area contributed by atoms with Crippen molar-refractivity contribution in [1.82, 2.24) is 0 Å². The van der Waals surface area contributed by atoms with Crippen molar-refractivity contribution in [2.24, 2.45) is 40.4 Å². The summed E-state index contributed by atoms with van der Waals surface area (Å²) in [4.78, 5) is 0. The summed E-state index contributed by atoms with van der Waals surface area (Å²) in [6, 6.07) is 10.8. The maximum atomic E-state index is 11.4. The third-order valence-corrected chi connectivity index (χ3v) is 9.68. The molecule has 0 radical (unpaired) electrons. The average molecular weight is 381 g/mol. The maximum absolute atomic E-state index is 11.4. The van der Waals surface area contributed by atoms with Crippen molar-refractivity contribution in [3.05, 3.63) is 42.0 Å². The second-order valence-corrected chi connectivity index (χ2v) is 10.9. The van der Waals surface area contributed by atoms with Crippen molar-refractivity contribution in [3.8, 4) is 0 Å². The van der Waals surface area contributed by atoms with E-state index in [1.54, 1.807) is 0 Å². The summed E-state index contributed by atoms with van der Waals surface area (Å²) in [6.07, 6.45) is 8.32. The molecule has 0 heterocycles. The first-order valence-corrected chi connectivity index (χ1v) is 11.5. The first kappa shape index (κ1) is 18.9. The van der Waals surface area contributed by atoms with E-state index in [0.717, 1.165) is 12.8 Å². The minimum atomic E-state index is -0.568. The van der Waals surface area contributed by atoms with Crippen molar-refractivity contribution in [1.29, 1.82) is 0 Å². The van der Waals surface area contributed by atoms with E-state index in [1.165, 1.54) is 36.8 Å². The number of aliphatic hydroxyl groups is 2. The van der Waals surface area contributed by atoms with E-state index in [1.807, 2.05) is 0 Å². The minimum absolute atomic E-state index is 0.119. The SMILES string of the molecule is C[C@H]1CC[C@@]2(C)C(C1)[C@@H](O)C(O)C1[C@@H]2CC[C@]2(C)C(c3ccccc3)=CC[C@@H]12. The van der Waals surface area contributed by atoms with E-state index in [-0.39, 0.29) is 22.7 Å². The summed E-state index contributed by atoms with van der Waals surface area (Å²) >= 11 is 0. The van der Waals surface area contributed by atoms with Crippen molar-refractivity contribution in [2.45, 2.75) is 71.5 Å². The summed E-state index contributed by atoms with van der Waals surface area (Å²) in [7, 11) is 0. The topological polar surface area (TPSA) is 40.5 Å². The van der Waals surface area contributed by atoms with Gasteiger partial charge in [0.1, 0.15) is 0 Å². The van der Waals surface area contributed by atoms with E-state index in [4.69, 9.17) is 0 Å². The zero-order valence-electron chi connectivity index (χ0n) is 17.6. The number of allylic oxidation sites excluding steroid dienone is 2. The van der Waals surface area contributed by atoms with Gasteiger partial charge in [-0.2, -0.15) is 0 Å². The molecule has 3 unspecified atom stereocenters. The molecular weight excluding hydrogens is 344 g/mol. The molecule has 0 bridgehead atoms. The monoisotopic (exact) mass is 380 g/mol. The van der Waals surface area contributed by atoms with Crippen LogP contribution in [0, 0.1) is 40.4 Å². The molecule has 9 atom stereocenters. The molecule has 4 aliphatic carbocycles. The third kappa shape index (κ3) is 2.46. The van der Waals surface area contributed by atoms with Gasteiger partial charge >= 0.3 is 0 Å². The Morgan fingerprint density at radius 2 is 1.64 bits per heavy atom. The normalized spacial score (nSPS) is 50.3. The lowest BCUT2D eigenvalue weighted by atomic mass is 9.43. The summed E-state index contributed by atoms with van der Waals surface area (Å²) in [6.45, 7) is 7.19. The quantitative estimate of drug-likeness (QED) is 0.694. The van der Waals surface area contributed by atoms with Crippen molar-refractivity contribution < 1.29 is 10.2 Å². The Morgan fingerprint density at radius 3 is 2.39 bits per heavy atom. The molecule has 3 fully saturated rings. The van der Waals surface area contributed by atoms with Crippen LogP contribution in [0.3, 0.4) is 0 Å². The summed E-state index contributed by atoms with van der Waals surface area (Å²) in [5.41, 5.74) is 3.12. The van der Waals surface area contributed by atoms with Gasteiger partial charge in [-0.15, -0.1) is 0 Å². The van der Waals surface area contributed by atoms with E-state index < -0.39 is 12.2 Å². The Morgan fingerprint density at radius 1 is 0.893 bits per heavy atom. The highest BCUT2D eigenvalue weighted by Crippen LogP contribution is 2.67. The Kier molecular flexibility index (Phi) is 4.34. The standard InChI is InChI=1S/C26H36O2/c1-16-11-13-26(3)20-12-14-25(2)18(17-7-5-4-6-8-17)9-10-19(25)22(20)24(28)23(27)21(26)15-16/h4-9,16,19-24,27-28H,10-15H2,1-3H3/t16-,19-,20-,21?,22?,23+,24?,25+,26+/m0/s1. The van der Waals surface area contributed by atoms with Crippen LogP contribution in [0.2, 0.25) is 0 Å². The Bertz CT molecular complexity index is 770. The van der Waals surface area contributed by atoms with Gasteiger partial charge in [-0.05, 0) is 83.7 Å². The number of hydrogen-bond donors (Lipinski definition) is 2. The molecule has 0 aliphatic heterocycles. The zero-order chi connectivity index (χ0) is 19.7. The Hall–Kier alpha value is -1.12. The van der Waals surface area contributed by atoms with Crippen LogP contribution in [0.25, 0.3) is 5.57 Å². The predicted molar refractivity (Wildman–Crippen MR) is 113 cm³/mol. The fraction of sp³-hybridized carbons (Fsp3) is 0.692. The van der Waals surface area contributed by atoms with E-state index in [0.29, 0.717) is 17.8 Å². The molecule has 4 aliphatic rings. The fourth-order valence-electron chi connectivity index (χ4n) is 8.10. The third-order valence-electron chi connectivity index (χ3n) is 9.68. The highest BCUT2D eigenvalue weighted by molar-refractivity contribution is 5.72. The summed E-state index contributed by atoms with van der Waals surface area (Å²) in [5, 5.41) is 22.6. The van der Waals surface area contributed by atoms with Crippen LogP contribution in [0.1, 0.15) is 64.9 Å². The minimum Gasteiger partial charge on any atom is -0.390 e. The largest absolute Gasteiger partial charge is 0.390 e. The molecule has 28 heavy (non-hydrogen) atoms. The number of benzene rings is 1. The summed E-state index contributed by atoms with van der Waals surface area (Å²) in [5.74, 6) is 2.15. The van der Waals surface area contributed by atoms with Crippen LogP contribution in [-0.2, 0) is 0 Å². The smallest absolute Gasteiger partial charge is 0.0836 e. The van der Waals surface area contributed by atoms with Gasteiger partial charge < -0.3 is 10.2 Å². The molecule has 2 heteroatoms. The molecule has 3 saturated carbocycles. The number of hydrogen-bond acceptors (Lipinski definition) is 2. The Labute approximate surface area is 170 Å². The van der Waals surface area contributed by atoms with Crippen LogP contribution in [-0.4, -0.2) is 22.4 Å². The molecule has 1 aromatic rings. The van der Waals surface area contributed by atoms with Crippen molar-refractivity contribution in [2.75, 3.05) is 0 Å². The Balaban J connectivity index is 1.51. The van der Waals surface area contributed by atoms with Crippen molar-refractivity contribution in [3.63, 3.8) is 0 Å². The van der Waals surface area contributed by atoms with Gasteiger partial charge in [0.05, 0.1) is 12.2 Å². The summed E-state index contributed by atoms with van der Waals surface area (Å²) < 4.78 is 0. The first-order valence-electron chi connectivity index (χ1n) is 11.5. The van der Waals surface area contributed by atoms with Gasteiger partial charge in [-0.1, -0.05) is 63.6 Å². The van der Waals surface area contributed by atoms with Gasteiger partial charge in [-0.3, -0.25) is 0 Å². The molecule has 2 N–H and O–H groups in total. The second kappa shape index (κ2) is 6.44. The highest BCUT2D eigenvalue weighted by atomic mass is 16.3. The fourth-order valence-corrected chi connectivity index (χ4v) is 8.10. The van der Waals surface area contributed by atoms with Crippen LogP contribution in [0.5, 0.6) is 0 Å². The molecule has 152 valence electrons. The molecule has 0 spiro atoms.